The topological polar surface area (TPSA) is 94.1 Å². The molecule has 31 heavy (non-hydrogen) atoms. The van der Waals surface area contributed by atoms with Crippen LogP contribution in [0.15, 0.2) is 27.5 Å². The average molecular weight is 435 g/mol. The second kappa shape index (κ2) is 7.78. The van der Waals surface area contributed by atoms with Gasteiger partial charge in [-0.05, 0) is 38.8 Å². The molecule has 0 aromatic carbocycles. The second-order valence-electron chi connectivity index (χ2n) is 7.49. The Labute approximate surface area is 174 Å². The third-order valence-electron chi connectivity index (χ3n) is 5.45. The summed E-state index contributed by atoms with van der Waals surface area (Å²) in [7, 11) is 0. The highest BCUT2D eigenvalue weighted by Gasteiger charge is 2.39. The summed E-state index contributed by atoms with van der Waals surface area (Å²) in [5.41, 5.74) is 0.964. The molecule has 4 heterocycles. The van der Waals surface area contributed by atoms with Gasteiger partial charge < -0.3 is 13.9 Å². The predicted octanol–water partition coefficient (Wildman–Crippen LogP) is 3.15. The smallest absolute Gasteiger partial charge is 0.417 e. The Hall–Kier alpha value is -3.24. The van der Waals surface area contributed by atoms with E-state index in [1.807, 2.05) is 13.8 Å². The third kappa shape index (κ3) is 3.91. The number of alkyl halides is 3. The van der Waals surface area contributed by atoms with Gasteiger partial charge in [0, 0.05) is 37.4 Å². The fourth-order valence-electron chi connectivity index (χ4n) is 3.77. The number of hydrogen-bond acceptors (Lipinski definition) is 6. The van der Waals surface area contributed by atoms with Crippen LogP contribution in [-0.4, -0.2) is 43.6 Å². The molecular weight excluding hydrogens is 415 g/mol. The van der Waals surface area contributed by atoms with E-state index >= 15 is 0 Å². The molecule has 11 heteroatoms. The van der Waals surface area contributed by atoms with Gasteiger partial charge in [-0.2, -0.15) is 13.2 Å². The van der Waals surface area contributed by atoms with Crippen LogP contribution in [0.1, 0.15) is 53.5 Å². The van der Waals surface area contributed by atoms with Crippen LogP contribution < -0.4 is 5.43 Å². The highest BCUT2D eigenvalue weighted by Crippen LogP contribution is 2.32. The molecule has 1 saturated heterocycles. The maximum Gasteiger partial charge on any atom is 0.470 e. The van der Waals surface area contributed by atoms with Gasteiger partial charge >= 0.3 is 12.1 Å². The van der Waals surface area contributed by atoms with E-state index in [1.165, 1.54) is 11.1 Å². The van der Waals surface area contributed by atoms with Crippen molar-refractivity contribution in [3.63, 3.8) is 0 Å². The number of likely N-dealkylation sites (tertiary alicyclic amines) is 1. The molecular formula is C20H20F3N5O3. The first-order chi connectivity index (χ1) is 14.7. The van der Waals surface area contributed by atoms with Crippen molar-refractivity contribution in [1.82, 2.24) is 24.6 Å². The lowest BCUT2D eigenvalue weighted by Gasteiger charge is -2.30. The summed E-state index contributed by atoms with van der Waals surface area (Å²) < 4.78 is 44.5. The molecule has 0 atom stereocenters. The highest BCUT2D eigenvalue weighted by atomic mass is 19.4. The van der Waals surface area contributed by atoms with Gasteiger partial charge in [-0.15, -0.1) is 10.2 Å². The van der Waals surface area contributed by atoms with E-state index in [1.54, 1.807) is 16.7 Å². The number of fused-ring (bicyclic) bond motifs is 1. The summed E-state index contributed by atoms with van der Waals surface area (Å²) in [5.74, 6) is -2.24. The molecule has 1 fully saturated rings. The van der Waals surface area contributed by atoms with Crippen LogP contribution in [0.5, 0.6) is 0 Å². The number of amides is 1. The first-order valence-corrected chi connectivity index (χ1v) is 9.89. The Bertz CT molecular complexity index is 1190. The van der Waals surface area contributed by atoms with E-state index in [0.29, 0.717) is 30.4 Å². The summed E-state index contributed by atoms with van der Waals surface area (Å²) in [6, 6.07) is 3.39. The largest absolute Gasteiger partial charge is 0.470 e. The summed E-state index contributed by atoms with van der Waals surface area (Å²) >= 11 is 0. The molecule has 0 saturated carbocycles. The molecule has 1 aliphatic heterocycles. The quantitative estimate of drug-likeness (QED) is 0.627. The van der Waals surface area contributed by atoms with Crippen LogP contribution in [-0.2, 0) is 12.7 Å². The standard InChI is InChI=1S/C20H20F3N5O3/c1-3-27-10-14(15(29)13-5-4-11(2)24-16(13)27)18(30)28-8-6-12(7-9-28)17-25-26-19(31-17)20(21,22)23/h4-5,10,12H,3,6-9H2,1-2H3. The van der Waals surface area contributed by atoms with Gasteiger partial charge in [-0.3, -0.25) is 9.59 Å². The predicted molar refractivity (Wildman–Crippen MR) is 104 cm³/mol. The summed E-state index contributed by atoms with van der Waals surface area (Å²) in [6.07, 6.45) is -2.44. The van der Waals surface area contributed by atoms with Crippen molar-refractivity contribution in [3.8, 4) is 0 Å². The Balaban J connectivity index is 1.54. The molecule has 0 radical (unpaired) electrons. The molecule has 0 spiro atoms. The molecule has 3 aromatic heterocycles. The van der Waals surface area contributed by atoms with Gasteiger partial charge in [-0.25, -0.2) is 4.98 Å². The molecule has 0 N–H and O–H groups in total. The lowest BCUT2D eigenvalue weighted by molar-refractivity contribution is -0.157. The zero-order valence-electron chi connectivity index (χ0n) is 16.9. The molecule has 1 amide bonds. The van der Waals surface area contributed by atoms with Gasteiger partial charge in [0.15, 0.2) is 0 Å². The Kier molecular flexibility index (Phi) is 5.28. The zero-order chi connectivity index (χ0) is 22.3. The maximum absolute atomic E-state index is 13.1. The molecule has 1 aliphatic rings. The average Bonchev–Trinajstić information content (AvgIpc) is 3.25. The molecule has 8 nitrogen and oxygen atoms in total. The van der Waals surface area contributed by atoms with Crippen molar-refractivity contribution in [2.75, 3.05) is 13.1 Å². The summed E-state index contributed by atoms with van der Waals surface area (Å²) in [5, 5.41) is 6.94. The number of aryl methyl sites for hydroxylation is 2. The van der Waals surface area contributed by atoms with Crippen molar-refractivity contribution < 1.29 is 22.4 Å². The van der Waals surface area contributed by atoms with Crippen LogP contribution in [0.2, 0.25) is 0 Å². The number of carbonyl (C=O) groups excluding carboxylic acids is 1. The maximum atomic E-state index is 13.1. The number of nitrogens with zero attached hydrogens (tertiary/aromatic N) is 5. The van der Waals surface area contributed by atoms with E-state index in [-0.39, 0.29) is 35.9 Å². The van der Waals surface area contributed by atoms with Gasteiger partial charge in [0.2, 0.25) is 11.3 Å². The number of hydrogen-bond donors (Lipinski definition) is 0. The Morgan fingerprint density at radius 1 is 1.23 bits per heavy atom. The van der Waals surface area contributed by atoms with E-state index in [9.17, 15) is 22.8 Å². The molecule has 3 aromatic rings. The Morgan fingerprint density at radius 3 is 2.55 bits per heavy atom. The van der Waals surface area contributed by atoms with E-state index in [4.69, 9.17) is 4.42 Å². The molecule has 0 bridgehead atoms. The molecule has 164 valence electrons. The number of piperidine rings is 1. The van der Waals surface area contributed by atoms with Crippen LogP contribution in [0.4, 0.5) is 13.2 Å². The molecule has 0 unspecified atom stereocenters. The SMILES string of the molecule is CCn1cc(C(=O)N2CCC(c3nnc(C(F)(F)F)o3)CC2)c(=O)c2ccc(C)nc21. The van der Waals surface area contributed by atoms with Gasteiger partial charge in [0.1, 0.15) is 11.2 Å². The monoisotopic (exact) mass is 435 g/mol. The Morgan fingerprint density at radius 2 is 1.94 bits per heavy atom. The van der Waals surface area contributed by atoms with Crippen molar-refractivity contribution in [2.24, 2.45) is 0 Å². The number of carbonyl (C=O) groups is 1. The molecule has 4 rings (SSSR count). The first-order valence-electron chi connectivity index (χ1n) is 9.89. The summed E-state index contributed by atoms with van der Waals surface area (Å²) in [4.78, 5) is 32.0. The minimum absolute atomic E-state index is 0.0515. The van der Waals surface area contributed by atoms with Crippen molar-refractivity contribution in [1.29, 1.82) is 0 Å². The minimum atomic E-state index is -4.69. The van der Waals surface area contributed by atoms with Crippen molar-refractivity contribution in [2.45, 2.75) is 45.3 Å². The van der Waals surface area contributed by atoms with E-state index in [0.717, 1.165) is 5.69 Å². The fourth-order valence-corrected chi connectivity index (χ4v) is 3.77. The lowest BCUT2D eigenvalue weighted by Crippen LogP contribution is -2.40. The van der Waals surface area contributed by atoms with Crippen LogP contribution in [0.25, 0.3) is 11.0 Å². The highest BCUT2D eigenvalue weighted by molar-refractivity contribution is 5.97. The van der Waals surface area contributed by atoms with Crippen molar-refractivity contribution >= 4 is 16.9 Å². The van der Waals surface area contributed by atoms with Crippen LogP contribution in [0.3, 0.4) is 0 Å². The fraction of sp³-hybridized carbons (Fsp3) is 0.450. The van der Waals surface area contributed by atoms with Gasteiger partial charge in [-0.1, -0.05) is 0 Å². The summed E-state index contributed by atoms with van der Waals surface area (Å²) in [6.45, 7) is 4.79. The zero-order valence-corrected chi connectivity index (χ0v) is 16.9. The van der Waals surface area contributed by atoms with E-state index in [2.05, 4.69) is 15.2 Å². The van der Waals surface area contributed by atoms with Gasteiger partial charge in [0.25, 0.3) is 5.91 Å². The minimum Gasteiger partial charge on any atom is -0.417 e. The molecule has 0 aliphatic carbocycles. The first kappa shape index (κ1) is 21.0. The van der Waals surface area contributed by atoms with Crippen LogP contribution in [0, 0.1) is 6.92 Å². The van der Waals surface area contributed by atoms with Gasteiger partial charge in [0.05, 0.1) is 5.39 Å². The second-order valence-corrected chi connectivity index (χ2v) is 7.49. The van der Waals surface area contributed by atoms with Crippen LogP contribution >= 0.6 is 0 Å². The van der Waals surface area contributed by atoms with E-state index < -0.39 is 18.0 Å². The number of halogens is 3. The number of aromatic nitrogens is 4. The number of pyridine rings is 2. The number of rotatable bonds is 3. The lowest BCUT2D eigenvalue weighted by atomic mass is 9.96. The third-order valence-corrected chi connectivity index (χ3v) is 5.45. The van der Waals surface area contributed by atoms with Crippen molar-refractivity contribution in [3.05, 3.63) is 51.6 Å². The normalized spacial score (nSPS) is 15.6.